The number of nitrogens with zero attached hydrogens (tertiary/aromatic N) is 9. The van der Waals surface area contributed by atoms with Gasteiger partial charge < -0.3 is 24.9 Å². The van der Waals surface area contributed by atoms with Crippen LogP contribution in [0.3, 0.4) is 0 Å². The van der Waals surface area contributed by atoms with Crippen molar-refractivity contribution in [3.63, 3.8) is 0 Å². The molecule has 18 nitrogen and oxygen atoms in total. The topological polar surface area (TPSA) is 205 Å². The SMILES string of the molecule is O=C1CCC(N2C(=O)c3ccc(NCC(=O)N4CCC(CN5CCC(n6cc(-c7cnc(NCc8ccco8)n8cnnc78)cn6)CC5)CC4)cc3C2=O)C(=O)N1. The van der Waals surface area contributed by atoms with Crippen molar-refractivity contribution in [1.29, 1.82) is 0 Å². The Labute approximate surface area is 326 Å². The molecule has 1 atom stereocenters. The van der Waals surface area contributed by atoms with E-state index in [9.17, 15) is 24.0 Å². The highest BCUT2D eigenvalue weighted by Gasteiger charge is 2.44. The molecule has 18 heteroatoms. The van der Waals surface area contributed by atoms with Crippen LogP contribution in [-0.2, 0) is 20.9 Å². The van der Waals surface area contributed by atoms with E-state index in [1.54, 1.807) is 30.9 Å². The molecule has 0 bridgehead atoms. The summed E-state index contributed by atoms with van der Waals surface area (Å²) >= 11 is 0. The quantitative estimate of drug-likeness (QED) is 0.165. The maximum Gasteiger partial charge on any atom is 0.262 e. The molecule has 294 valence electrons. The van der Waals surface area contributed by atoms with Crippen LogP contribution in [0.1, 0.15) is 71.0 Å². The Morgan fingerprint density at radius 1 is 0.912 bits per heavy atom. The van der Waals surface area contributed by atoms with E-state index in [2.05, 4.69) is 46.9 Å². The number of piperidine rings is 3. The molecule has 1 aromatic carbocycles. The molecule has 8 heterocycles. The molecule has 3 saturated heterocycles. The molecule has 4 aliphatic rings. The molecule has 5 aromatic rings. The predicted octanol–water partition coefficient (Wildman–Crippen LogP) is 2.58. The molecule has 0 radical (unpaired) electrons. The number of hydrogen-bond donors (Lipinski definition) is 3. The minimum atomic E-state index is -1.02. The second kappa shape index (κ2) is 15.2. The number of hydrogen-bond acceptors (Lipinski definition) is 13. The fourth-order valence-corrected chi connectivity index (χ4v) is 8.38. The van der Waals surface area contributed by atoms with Crippen molar-refractivity contribution >= 4 is 46.8 Å². The monoisotopic (exact) mass is 774 g/mol. The van der Waals surface area contributed by atoms with Gasteiger partial charge in [0.25, 0.3) is 11.8 Å². The molecule has 0 aliphatic carbocycles. The smallest absolute Gasteiger partial charge is 0.262 e. The van der Waals surface area contributed by atoms with Crippen molar-refractivity contribution in [3.8, 4) is 11.1 Å². The second-order valence-electron chi connectivity index (χ2n) is 15.1. The summed E-state index contributed by atoms with van der Waals surface area (Å²) < 4.78 is 9.32. The Morgan fingerprint density at radius 3 is 2.53 bits per heavy atom. The zero-order valence-corrected chi connectivity index (χ0v) is 31.2. The summed E-state index contributed by atoms with van der Waals surface area (Å²) in [5.41, 5.74) is 3.40. The first-order chi connectivity index (χ1) is 27.8. The van der Waals surface area contributed by atoms with Gasteiger partial charge in [0, 0.05) is 68.4 Å². The number of imide groups is 2. The molecular formula is C39H42N12O6. The van der Waals surface area contributed by atoms with Gasteiger partial charge in [-0.1, -0.05) is 0 Å². The lowest BCUT2D eigenvalue weighted by atomic mass is 9.94. The van der Waals surface area contributed by atoms with Gasteiger partial charge in [0.05, 0.1) is 42.7 Å². The molecule has 4 aliphatic heterocycles. The van der Waals surface area contributed by atoms with Crippen molar-refractivity contribution in [3.05, 3.63) is 78.4 Å². The standard InChI is InChI=1S/C39H42N12O6/c52-33-6-5-32(36(54)45-33)51-37(55)29-4-3-26(16-30(29)38(51)56)40-20-34(53)48-13-7-24(8-14-48)21-47-11-9-27(10-12-47)50-22-25(17-44-50)31-19-42-39(49-23-43-46-35(31)49)41-18-28-2-1-15-57-28/h1-4,15-17,19,22-24,27,32,40H,5-14,18,20-21H2,(H,41,42)(H,45,52,54). The van der Waals surface area contributed by atoms with Crippen LogP contribution < -0.4 is 16.0 Å². The van der Waals surface area contributed by atoms with E-state index in [1.807, 2.05) is 27.6 Å². The summed E-state index contributed by atoms with van der Waals surface area (Å²) in [6, 6.07) is 7.76. The van der Waals surface area contributed by atoms with E-state index in [1.165, 1.54) is 6.07 Å². The van der Waals surface area contributed by atoms with Gasteiger partial charge in [-0.05, 0) is 68.4 Å². The number of fused-ring (bicyclic) bond motifs is 2. The third-order valence-corrected chi connectivity index (χ3v) is 11.5. The van der Waals surface area contributed by atoms with Gasteiger partial charge in [0.1, 0.15) is 18.1 Å². The average molecular weight is 775 g/mol. The lowest BCUT2D eigenvalue weighted by Gasteiger charge is -2.37. The first kappa shape index (κ1) is 36.2. The number of nitrogens with one attached hydrogen (secondary N) is 3. The number of benzene rings is 1. The van der Waals surface area contributed by atoms with E-state index in [-0.39, 0.29) is 36.4 Å². The number of amides is 5. The fourth-order valence-electron chi connectivity index (χ4n) is 8.38. The molecular weight excluding hydrogens is 733 g/mol. The molecule has 0 saturated carbocycles. The van der Waals surface area contributed by atoms with Crippen LogP contribution in [0.5, 0.6) is 0 Å². The van der Waals surface area contributed by atoms with E-state index < -0.39 is 29.7 Å². The molecule has 3 N–H and O–H groups in total. The molecule has 57 heavy (non-hydrogen) atoms. The highest BCUT2D eigenvalue weighted by atomic mass is 16.3. The third kappa shape index (κ3) is 7.23. The van der Waals surface area contributed by atoms with Crippen molar-refractivity contribution in [2.24, 2.45) is 5.92 Å². The van der Waals surface area contributed by atoms with Gasteiger partial charge in [0.15, 0.2) is 5.65 Å². The van der Waals surface area contributed by atoms with Crippen molar-refractivity contribution < 1.29 is 28.4 Å². The minimum Gasteiger partial charge on any atom is -0.467 e. The lowest BCUT2D eigenvalue weighted by molar-refractivity contribution is -0.136. The summed E-state index contributed by atoms with van der Waals surface area (Å²) in [7, 11) is 0. The first-order valence-corrected chi connectivity index (χ1v) is 19.4. The number of anilines is 2. The Kier molecular flexibility index (Phi) is 9.69. The molecule has 1 unspecified atom stereocenters. The maximum absolute atomic E-state index is 13.2. The average Bonchev–Trinajstić information content (AvgIpc) is 4.06. The summed E-state index contributed by atoms with van der Waals surface area (Å²) in [6.07, 6.45) is 13.0. The zero-order chi connectivity index (χ0) is 39.0. The number of carbonyl (C=O) groups excluding carboxylic acids is 5. The Bertz CT molecular complexity index is 2340. The van der Waals surface area contributed by atoms with Crippen LogP contribution in [0.4, 0.5) is 11.6 Å². The van der Waals surface area contributed by atoms with Crippen LogP contribution in [0.15, 0.2) is 65.9 Å². The van der Waals surface area contributed by atoms with Gasteiger partial charge in [-0.25, -0.2) is 4.98 Å². The Hall–Kier alpha value is -6.43. The molecule has 0 spiro atoms. The number of carbonyl (C=O) groups is 5. The van der Waals surface area contributed by atoms with Crippen LogP contribution in [0.25, 0.3) is 16.8 Å². The Morgan fingerprint density at radius 2 is 1.74 bits per heavy atom. The molecule has 4 aromatic heterocycles. The fraction of sp³-hybridized carbons (Fsp3) is 0.410. The third-order valence-electron chi connectivity index (χ3n) is 11.5. The summed E-state index contributed by atoms with van der Waals surface area (Å²) in [5.74, 6) is -0.307. The van der Waals surface area contributed by atoms with Gasteiger partial charge in [-0.3, -0.25) is 43.3 Å². The Balaban J connectivity index is 0.722. The number of rotatable bonds is 11. The van der Waals surface area contributed by atoms with Crippen LogP contribution in [-0.4, -0.2) is 119 Å². The van der Waals surface area contributed by atoms with E-state index in [4.69, 9.17) is 9.52 Å². The van der Waals surface area contributed by atoms with E-state index in [0.717, 1.165) is 67.1 Å². The van der Waals surface area contributed by atoms with Gasteiger partial charge in [-0.2, -0.15) is 5.10 Å². The zero-order valence-electron chi connectivity index (χ0n) is 31.2. The van der Waals surface area contributed by atoms with Gasteiger partial charge in [-0.15, -0.1) is 10.2 Å². The van der Waals surface area contributed by atoms with E-state index >= 15 is 0 Å². The molecule has 9 rings (SSSR count). The largest absolute Gasteiger partial charge is 0.467 e. The summed E-state index contributed by atoms with van der Waals surface area (Å²) in [6.45, 7) is 4.89. The number of likely N-dealkylation sites (tertiary alicyclic amines) is 2. The molecule has 5 amide bonds. The van der Waals surface area contributed by atoms with Gasteiger partial charge >= 0.3 is 0 Å². The minimum absolute atomic E-state index is 0.0286. The highest BCUT2D eigenvalue weighted by molar-refractivity contribution is 6.23. The number of furan rings is 1. The van der Waals surface area contributed by atoms with Crippen LogP contribution in [0.2, 0.25) is 0 Å². The summed E-state index contributed by atoms with van der Waals surface area (Å²) in [5, 5.41) is 21.8. The van der Waals surface area contributed by atoms with Crippen molar-refractivity contribution in [2.45, 2.75) is 57.2 Å². The highest BCUT2D eigenvalue weighted by Crippen LogP contribution is 2.31. The second-order valence-corrected chi connectivity index (χ2v) is 15.1. The van der Waals surface area contributed by atoms with Crippen molar-refractivity contribution in [1.82, 2.24) is 49.4 Å². The van der Waals surface area contributed by atoms with Crippen molar-refractivity contribution in [2.75, 3.05) is 49.9 Å². The van der Waals surface area contributed by atoms with Gasteiger partial charge in [0.2, 0.25) is 23.7 Å². The summed E-state index contributed by atoms with van der Waals surface area (Å²) in [4.78, 5) is 73.3. The maximum atomic E-state index is 13.2. The van der Waals surface area contributed by atoms with Crippen LogP contribution in [0, 0.1) is 5.92 Å². The number of aromatic nitrogens is 6. The lowest BCUT2D eigenvalue weighted by Crippen LogP contribution is -2.54. The normalized spacial score (nSPS) is 19.7. The van der Waals surface area contributed by atoms with E-state index in [0.29, 0.717) is 48.9 Å². The predicted molar refractivity (Wildman–Crippen MR) is 204 cm³/mol. The van der Waals surface area contributed by atoms with Crippen LogP contribution >= 0.6 is 0 Å². The molecule has 3 fully saturated rings. The first-order valence-electron chi connectivity index (χ1n) is 19.4.